The van der Waals surface area contributed by atoms with Crippen LogP contribution in [0.15, 0.2) is 0 Å². The molecule has 0 aliphatic heterocycles. The predicted molar refractivity (Wildman–Crippen MR) is 62.3 cm³/mol. The van der Waals surface area contributed by atoms with Crippen LogP contribution in [0.3, 0.4) is 0 Å². The van der Waals surface area contributed by atoms with E-state index in [-0.39, 0.29) is 0 Å². The minimum absolute atomic E-state index is 0.355. The zero-order chi connectivity index (χ0) is 10.4. The molecule has 0 radical (unpaired) electrons. The molecule has 0 heterocycles. The highest BCUT2D eigenvalue weighted by atomic mass is 32.2. The van der Waals surface area contributed by atoms with Gasteiger partial charge in [-0.1, -0.05) is 6.92 Å². The van der Waals surface area contributed by atoms with Gasteiger partial charge < -0.3 is 5.32 Å². The van der Waals surface area contributed by atoms with Gasteiger partial charge in [-0.15, -0.1) is 0 Å². The Balaban J connectivity index is 2.07. The van der Waals surface area contributed by atoms with E-state index < -0.39 is 0 Å². The summed E-state index contributed by atoms with van der Waals surface area (Å²) in [5.41, 5.74) is 0.355. The van der Waals surface area contributed by atoms with E-state index in [1.54, 1.807) is 0 Å². The van der Waals surface area contributed by atoms with Crippen molar-refractivity contribution in [2.24, 2.45) is 11.3 Å². The number of nitrogens with zero attached hydrogens (tertiary/aromatic N) is 1. The van der Waals surface area contributed by atoms with Gasteiger partial charge in [-0.05, 0) is 42.7 Å². The monoisotopic (exact) mass is 212 g/mol. The Morgan fingerprint density at radius 3 is 2.79 bits per heavy atom. The molecule has 1 fully saturated rings. The molecule has 0 bridgehead atoms. The Bertz CT molecular complexity index is 206. The number of rotatable bonds is 7. The highest BCUT2D eigenvalue weighted by molar-refractivity contribution is 7.98. The second-order valence-electron chi connectivity index (χ2n) is 4.53. The van der Waals surface area contributed by atoms with E-state index in [0.717, 1.165) is 25.4 Å². The molecule has 80 valence electrons. The molecule has 0 aromatic heterocycles. The van der Waals surface area contributed by atoms with Crippen LogP contribution < -0.4 is 5.32 Å². The Kier molecular flexibility index (Phi) is 4.77. The second kappa shape index (κ2) is 5.63. The van der Waals surface area contributed by atoms with E-state index in [4.69, 9.17) is 5.26 Å². The number of thioether (sulfide) groups is 1. The molecule has 0 aromatic rings. The van der Waals surface area contributed by atoms with Crippen molar-refractivity contribution >= 4 is 11.8 Å². The minimum atomic E-state index is 0.355. The molecular weight excluding hydrogens is 192 g/mol. The second-order valence-corrected chi connectivity index (χ2v) is 5.44. The number of hydrogen-bond acceptors (Lipinski definition) is 3. The third-order valence-corrected chi connectivity index (χ3v) is 3.76. The van der Waals surface area contributed by atoms with Gasteiger partial charge >= 0.3 is 0 Å². The minimum Gasteiger partial charge on any atom is -0.316 e. The molecular formula is C11H20N2S. The van der Waals surface area contributed by atoms with Crippen molar-refractivity contribution in [2.45, 2.75) is 26.2 Å². The van der Waals surface area contributed by atoms with Gasteiger partial charge in [-0.2, -0.15) is 17.0 Å². The normalized spacial score (nSPS) is 20.1. The molecule has 1 saturated carbocycles. The quantitative estimate of drug-likeness (QED) is 0.703. The first kappa shape index (κ1) is 11.9. The van der Waals surface area contributed by atoms with E-state index in [0.29, 0.717) is 5.41 Å². The number of nitriles is 1. The maximum Gasteiger partial charge on any atom is 0.0628 e. The average Bonchev–Trinajstić information content (AvgIpc) is 2.86. The average molecular weight is 212 g/mol. The Morgan fingerprint density at radius 1 is 1.57 bits per heavy atom. The van der Waals surface area contributed by atoms with Gasteiger partial charge in [0, 0.05) is 13.0 Å². The zero-order valence-corrected chi connectivity index (χ0v) is 9.99. The van der Waals surface area contributed by atoms with Crippen molar-refractivity contribution in [3.8, 4) is 6.07 Å². The maximum atomic E-state index is 8.65. The summed E-state index contributed by atoms with van der Waals surface area (Å²) < 4.78 is 0. The first-order valence-electron chi connectivity index (χ1n) is 5.29. The van der Waals surface area contributed by atoms with Crippen LogP contribution in [0.5, 0.6) is 0 Å². The predicted octanol–water partition coefficient (Wildman–Crippen LogP) is 2.27. The lowest BCUT2D eigenvalue weighted by atomic mass is 10.0. The van der Waals surface area contributed by atoms with Crippen molar-refractivity contribution in [2.75, 3.05) is 25.1 Å². The van der Waals surface area contributed by atoms with E-state index >= 15 is 0 Å². The van der Waals surface area contributed by atoms with Gasteiger partial charge in [0.25, 0.3) is 0 Å². The van der Waals surface area contributed by atoms with Gasteiger partial charge in [0.2, 0.25) is 0 Å². The Labute approximate surface area is 91.4 Å². The summed E-state index contributed by atoms with van der Waals surface area (Å²) in [4.78, 5) is 0. The summed E-state index contributed by atoms with van der Waals surface area (Å²) in [5, 5.41) is 12.1. The van der Waals surface area contributed by atoms with Crippen LogP contribution >= 0.6 is 11.8 Å². The van der Waals surface area contributed by atoms with Crippen molar-refractivity contribution in [1.82, 2.24) is 5.32 Å². The van der Waals surface area contributed by atoms with Crippen LogP contribution in [0.1, 0.15) is 26.2 Å². The Morgan fingerprint density at radius 2 is 2.29 bits per heavy atom. The molecule has 1 unspecified atom stereocenters. The van der Waals surface area contributed by atoms with Crippen LogP contribution in [0.25, 0.3) is 0 Å². The summed E-state index contributed by atoms with van der Waals surface area (Å²) >= 11 is 1.90. The van der Waals surface area contributed by atoms with Gasteiger partial charge in [-0.25, -0.2) is 0 Å². The van der Waals surface area contributed by atoms with Crippen molar-refractivity contribution < 1.29 is 0 Å². The van der Waals surface area contributed by atoms with Crippen LogP contribution in [0, 0.1) is 22.7 Å². The van der Waals surface area contributed by atoms with Gasteiger partial charge in [0.1, 0.15) is 0 Å². The highest BCUT2D eigenvalue weighted by Gasteiger charge is 2.41. The van der Waals surface area contributed by atoms with E-state index in [1.165, 1.54) is 18.6 Å². The molecule has 1 rings (SSSR count). The highest BCUT2D eigenvalue weighted by Crippen LogP contribution is 2.47. The third kappa shape index (κ3) is 3.89. The molecule has 0 spiro atoms. The van der Waals surface area contributed by atoms with Crippen LogP contribution in [0.4, 0.5) is 0 Å². The summed E-state index contributed by atoms with van der Waals surface area (Å²) in [5.74, 6) is 1.96. The lowest BCUT2D eigenvalue weighted by molar-refractivity contribution is 0.442. The molecule has 0 saturated heterocycles. The topological polar surface area (TPSA) is 35.8 Å². The SMILES string of the molecule is CSCC(C)CNCC1(CC#N)CC1. The summed E-state index contributed by atoms with van der Waals surface area (Å²) in [6, 6.07) is 2.29. The van der Waals surface area contributed by atoms with Gasteiger partial charge in [0.15, 0.2) is 0 Å². The summed E-state index contributed by atoms with van der Waals surface area (Å²) in [6.07, 6.45) is 5.36. The zero-order valence-electron chi connectivity index (χ0n) is 9.18. The fourth-order valence-corrected chi connectivity index (χ4v) is 2.37. The number of nitrogens with one attached hydrogen (secondary N) is 1. The third-order valence-electron chi connectivity index (χ3n) is 2.86. The lowest BCUT2D eigenvalue weighted by Gasteiger charge is -2.15. The standard InChI is InChI=1S/C11H20N2S/c1-10(8-14-2)7-13-9-11(3-4-11)5-6-12/h10,13H,3-5,7-9H2,1-2H3. The molecule has 1 aliphatic carbocycles. The van der Waals surface area contributed by atoms with Crippen LogP contribution in [-0.4, -0.2) is 25.1 Å². The molecule has 0 amide bonds. The van der Waals surface area contributed by atoms with Crippen molar-refractivity contribution in [1.29, 1.82) is 5.26 Å². The van der Waals surface area contributed by atoms with Crippen LogP contribution in [-0.2, 0) is 0 Å². The summed E-state index contributed by atoms with van der Waals surface area (Å²) in [7, 11) is 0. The smallest absolute Gasteiger partial charge is 0.0628 e. The molecule has 2 nitrogen and oxygen atoms in total. The largest absolute Gasteiger partial charge is 0.316 e. The van der Waals surface area contributed by atoms with E-state index in [2.05, 4.69) is 24.6 Å². The van der Waals surface area contributed by atoms with Gasteiger partial charge in [0.05, 0.1) is 6.07 Å². The first-order chi connectivity index (χ1) is 6.72. The number of hydrogen-bond donors (Lipinski definition) is 1. The molecule has 3 heteroatoms. The van der Waals surface area contributed by atoms with E-state index in [1.807, 2.05) is 11.8 Å². The van der Waals surface area contributed by atoms with Crippen molar-refractivity contribution in [3.63, 3.8) is 0 Å². The first-order valence-corrected chi connectivity index (χ1v) is 6.68. The summed E-state index contributed by atoms with van der Waals surface area (Å²) in [6.45, 7) is 4.40. The van der Waals surface area contributed by atoms with Gasteiger partial charge in [-0.3, -0.25) is 0 Å². The van der Waals surface area contributed by atoms with Crippen LogP contribution in [0.2, 0.25) is 0 Å². The van der Waals surface area contributed by atoms with E-state index in [9.17, 15) is 0 Å². The molecule has 1 N–H and O–H groups in total. The molecule has 1 atom stereocenters. The lowest BCUT2D eigenvalue weighted by Crippen LogP contribution is -2.28. The van der Waals surface area contributed by atoms with Crippen molar-refractivity contribution in [3.05, 3.63) is 0 Å². The fourth-order valence-electron chi connectivity index (χ4n) is 1.69. The maximum absolute atomic E-state index is 8.65. The molecule has 0 aromatic carbocycles. The molecule has 14 heavy (non-hydrogen) atoms. The molecule has 1 aliphatic rings. The fraction of sp³-hybridized carbons (Fsp3) is 0.909. The Hall–Kier alpha value is -0.200.